The highest BCUT2D eigenvalue weighted by Crippen LogP contribution is 2.21. The van der Waals surface area contributed by atoms with Crippen molar-refractivity contribution in [2.45, 2.75) is 19.1 Å². The van der Waals surface area contributed by atoms with Gasteiger partial charge in [-0.15, -0.1) is 0 Å². The summed E-state index contributed by atoms with van der Waals surface area (Å²) >= 11 is 3.44. The molecule has 2 heterocycles. The zero-order chi connectivity index (χ0) is 16.4. The van der Waals surface area contributed by atoms with Crippen LogP contribution in [0.25, 0.3) is 0 Å². The SMILES string of the molecule is CN(Cc1ccnn1C)C(=O)C1CC(c2cccc(Br)c2)=NO1. The van der Waals surface area contributed by atoms with Gasteiger partial charge in [-0.1, -0.05) is 33.2 Å². The van der Waals surface area contributed by atoms with Crippen LogP contribution in [0.15, 0.2) is 46.2 Å². The summed E-state index contributed by atoms with van der Waals surface area (Å²) in [6.07, 6.45) is 1.63. The maximum absolute atomic E-state index is 12.5. The largest absolute Gasteiger partial charge is 0.382 e. The Morgan fingerprint density at radius 3 is 3.00 bits per heavy atom. The number of hydrogen-bond acceptors (Lipinski definition) is 4. The Morgan fingerprint density at radius 1 is 1.48 bits per heavy atom. The molecule has 1 atom stereocenters. The van der Waals surface area contributed by atoms with Gasteiger partial charge in [-0.2, -0.15) is 5.10 Å². The Hall–Kier alpha value is -2.15. The molecule has 0 spiro atoms. The van der Waals surface area contributed by atoms with Crippen molar-refractivity contribution in [3.05, 3.63) is 52.3 Å². The van der Waals surface area contributed by atoms with E-state index in [9.17, 15) is 4.79 Å². The van der Waals surface area contributed by atoms with Crippen LogP contribution in [0.2, 0.25) is 0 Å². The van der Waals surface area contributed by atoms with Gasteiger partial charge in [0.2, 0.25) is 6.10 Å². The molecule has 0 saturated carbocycles. The highest BCUT2D eigenvalue weighted by atomic mass is 79.9. The molecule has 0 fully saturated rings. The number of carbonyl (C=O) groups excluding carboxylic acids is 1. The fraction of sp³-hybridized carbons (Fsp3) is 0.312. The fourth-order valence-electron chi connectivity index (χ4n) is 2.47. The lowest BCUT2D eigenvalue weighted by molar-refractivity contribution is -0.141. The van der Waals surface area contributed by atoms with Crippen LogP contribution in [0, 0.1) is 0 Å². The molecule has 1 aromatic heterocycles. The fourth-order valence-corrected chi connectivity index (χ4v) is 2.87. The summed E-state index contributed by atoms with van der Waals surface area (Å²) in [4.78, 5) is 19.5. The van der Waals surface area contributed by atoms with Crippen LogP contribution in [0.1, 0.15) is 17.7 Å². The van der Waals surface area contributed by atoms with E-state index in [1.807, 2.05) is 37.4 Å². The lowest BCUT2D eigenvalue weighted by Gasteiger charge is -2.19. The summed E-state index contributed by atoms with van der Waals surface area (Å²) in [6.45, 7) is 0.488. The Labute approximate surface area is 142 Å². The molecule has 1 amide bonds. The minimum atomic E-state index is -0.567. The number of carbonyl (C=O) groups is 1. The van der Waals surface area contributed by atoms with E-state index in [4.69, 9.17) is 4.84 Å². The predicted molar refractivity (Wildman–Crippen MR) is 89.9 cm³/mol. The van der Waals surface area contributed by atoms with E-state index < -0.39 is 6.10 Å². The van der Waals surface area contributed by atoms with Gasteiger partial charge < -0.3 is 9.74 Å². The quantitative estimate of drug-likeness (QED) is 0.822. The molecule has 0 saturated heterocycles. The van der Waals surface area contributed by atoms with Gasteiger partial charge in [0.25, 0.3) is 5.91 Å². The molecule has 1 unspecified atom stereocenters. The van der Waals surface area contributed by atoms with E-state index in [2.05, 4.69) is 26.2 Å². The first-order valence-corrected chi connectivity index (χ1v) is 8.04. The third-order valence-corrected chi connectivity index (χ3v) is 4.29. The summed E-state index contributed by atoms with van der Waals surface area (Å²) in [5.74, 6) is -0.0834. The summed E-state index contributed by atoms with van der Waals surface area (Å²) in [5.41, 5.74) is 2.72. The van der Waals surface area contributed by atoms with E-state index in [-0.39, 0.29) is 5.91 Å². The zero-order valence-corrected chi connectivity index (χ0v) is 14.5. The second kappa shape index (κ2) is 6.54. The number of nitrogens with zero attached hydrogens (tertiary/aromatic N) is 4. The molecule has 1 aliphatic heterocycles. The maximum Gasteiger partial charge on any atom is 0.267 e. The third-order valence-electron chi connectivity index (χ3n) is 3.80. The summed E-state index contributed by atoms with van der Waals surface area (Å²) in [7, 11) is 3.62. The third kappa shape index (κ3) is 3.44. The summed E-state index contributed by atoms with van der Waals surface area (Å²) < 4.78 is 2.73. The number of rotatable bonds is 4. The standard InChI is InChI=1S/C16H17BrN4O2/c1-20(10-13-6-7-18-21(13)2)16(22)15-9-14(19-23-15)11-4-3-5-12(17)8-11/h3-8,15H,9-10H2,1-2H3. The number of benzene rings is 1. The molecule has 7 heteroatoms. The number of likely N-dealkylation sites (N-methyl/N-ethyl adjacent to an activating group) is 1. The van der Waals surface area contributed by atoms with Crippen LogP contribution in [-0.4, -0.2) is 39.5 Å². The minimum Gasteiger partial charge on any atom is -0.382 e. The number of amides is 1. The van der Waals surface area contributed by atoms with Crippen molar-refractivity contribution in [2.75, 3.05) is 7.05 Å². The second-order valence-corrected chi connectivity index (χ2v) is 6.40. The van der Waals surface area contributed by atoms with Crippen molar-refractivity contribution < 1.29 is 9.63 Å². The molecule has 120 valence electrons. The van der Waals surface area contributed by atoms with Crippen LogP contribution in [0.5, 0.6) is 0 Å². The number of hydrogen-bond donors (Lipinski definition) is 0. The topological polar surface area (TPSA) is 59.7 Å². The van der Waals surface area contributed by atoms with E-state index in [1.54, 1.807) is 22.8 Å². The molecule has 0 aliphatic carbocycles. The van der Waals surface area contributed by atoms with Crippen molar-refractivity contribution in [3.8, 4) is 0 Å². The first-order valence-electron chi connectivity index (χ1n) is 7.25. The van der Waals surface area contributed by atoms with Gasteiger partial charge in [-0.25, -0.2) is 0 Å². The van der Waals surface area contributed by atoms with Crippen molar-refractivity contribution in [1.82, 2.24) is 14.7 Å². The number of halogens is 1. The number of oxime groups is 1. The van der Waals surface area contributed by atoms with E-state index in [1.165, 1.54) is 0 Å². The van der Waals surface area contributed by atoms with Gasteiger partial charge in [0.1, 0.15) is 0 Å². The summed E-state index contributed by atoms with van der Waals surface area (Å²) in [6, 6.07) is 9.70. The molecule has 1 aliphatic rings. The van der Waals surface area contributed by atoms with E-state index in [0.29, 0.717) is 13.0 Å². The second-order valence-electron chi connectivity index (χ2n) is 5.49. The Balaban J connectivity index is 1.63. The van der Waals surface area contributed by atoms with Gasteiger partial charge in [0.05, 0.1) is 18.0 Å². The number of aromatic nitrogens is 2. The van der Waals surface area contributed by atoms with Crippen LogP contribution < -0.4 is 0 Å². The Morgan fingerprint density at radius 2 is 2.30 bits per heavy atom. The van der Waals surface area contributed by atoms with Gasteiger partial charge in [0.15, 0.2) is 0 Å². The van der Waals surface area contributed by atoms with Crippen molar-refractivity contribution in [2.24, 2.45) is 12.2 Å². The van der Waals surface area contributed by atoms with Crippen molar-refractivity contribution in [1.29, 1.82) is 0 Å². The molecule has 6 nitrogen and oxygen atoms in total. The minimum absolute atomic E-state index is 0.0834. The van der Waals surface area contributed by atoms with Gasteiger partial charge >= 0.3 is 0 Å². The van der Waals surface area contributed by atoms with Crippen LogP contribution >= 0.6 is 15.9 Å². The van der Waals surface area contributed by atoms with Gasteiger partial charge in [0, 0.05) is 36.7 Å². The maximum atomic E-state index is 12.5. The highest BCUT2D eigenvalue weighted by Gasteiger charge is 2.31. The smallest absolute Gasteiger partial charge is 0.267 e. The number of aryl methyl sites for hydroxylation is 1. The van der Waals surface area contributed by atoms with E-state index in [0.717, 1.165) is 21.4 Å². The lowest BCUT2D eigenvalue weighted by atomic mass is 10.0. The highest BCUT2D eigenvalue weighted by molar-refractivity contribution is 9.10. The molecule has 0 bridgehead atoms. The first kappa shape index (κ1) is 15.7. The predicted octanol–water partition coefficient (Wildman–Crippen LogP) is 2.33. The summed E-state index contributed by atoms with van der Waals surface area (Å²) in [5, 5.41) is 8.18. The lowest BCUT2D eigenvalue weighted by Crippen LogP contribution is -2.36. The molecule has 2 aromatic rings. The normalized spacial score (nSPS) is 16.8. The zero-order valence-electron chi connectivity index (χ0n) is 12.9. The monoisotopic (exact) mass is 376 g/mol. The first-order chi connectivity index (χ1) is 11.0. The van der Waals surface area contributed by atoms with E-state index >= 15 is 0 Å². The average molecular weight is 377 g/mol. The molecule has 0 N–H and O–H groups in total. The molecule has 23 heavy (non-hydrogen) atoms. The van der Waals surface area contributed by atoms with Crippen LogP contribution in [0.3, 0.4) is 0 Å². The van der Waals surface area contributed by atoms with Crippen LogP contribution in [0.4, 0.5) is 0 Å². The molecular weight excluding hydrogens is 360 g/mol. The van der Waals surface area contributed by atoms with Crippen molar-refractivity contribution in [3.63, 3.8) is 0 Å². The van der Waals surface area contributed by atoms with Crippen molar-refractivity contribution >= 4 is 27.5 Å². The van der Waals surface area contributed by atoms with Gasteiger partial charge in [-0.3, -0.25) is 9.48 Å². The molecule has 3 rings (SSSR count). The Kier molecular flexibility index (Phi) is 4.47. The molecule has 0 radical (unpaired) electrons. The van der Waals surface area contributed by atoms with Crippen LogP contribution in [-0.2, 0) is 23.2 Å². The van der Waals surface area contributed by atoms with Gasteiger partial charge in [-0.05, 0) is 18.2 Å². The molecule has 1 aromatic carbocycles. The Bertz CT molecular complexity index is 756. The average Bonchev–Trinajstić information content (AvgIpc) is 3.16. The molecular formula is C16H17BrN4O2.